The number of hydrogen-bond donors (Lipinski definition) is 1. The van der Waals surface area contributed by atoms with E-state index in [4.69, 9.17) is 34.8 Å². The summed E-state index contributed by atoms with van der Waals surface area (Å²) in [6.07, 6.45) is 2.20. The number of carbonyl (C=O) groups is 1. The summed E-state index contributed by atoms with van der Waals surface area (Å²) < 4.78 is 0. The van der Waals surface area contributed by atoms with Crippen molar-refractivity contribution in [3.05, 3.63) is 103 Å². The van der Waals surface area contributed by atoms with Gasteiger partial charge >= 0.3 is 0 Å². The molecule has 3 rings (SSSR count). The number of nitriles is 1. The second kappa shape index (κ2) is 10.0. The summed E-state index contributed by atoms with van der Waals surface area (Å²) in [6, 6.07) is 18.5. The van der Waals surface area contributed by atoms with Crippen LogP contribution in [0.2, 0.25) is 15.1 Å². The monoisotopic (exact) mass is 468 g/mol. The molecule has 0 aliphatic carbocycles. The number of nitrogens with one attached hydrogen (secondary N) is 1. The third-order valence-electron chi connectivity index (χ3n) is 4.63. The lowest BCUT2D eigenvalue weighted by Crippen LogP contribution is -2.13. The van der Waals surface area contributed by atoms with E-state index in [2.05, 4.69) is 37.4 Å². The van der Waals surface area contributed by atoms with Crippen molar-refractivity contribution in [2.75, 3.05) is 5.32 Å². The van der Waals surface area contributed by atoms with Crippen molar-refractivity contribution in [1.82, 2.24) is 0 Å². The van der Waals surface area contributed by atoms with E-state index in [0.717, 1.165) is 11.1 Å². The third kappa shape index (κ3) is 6.12. The molecule has 1 amide bonds. The zero-order valence-corrected chi connectivity index (χ0v) is 19.2. The van der Waals surface area contributed by atoms with E-state index in [-0.39, 0.29) is 5.57 Å². The number of carbonyl (C=O) groups excluding carboxylic acids is 1. The maximum atomic E-state index is 12.7. The molecule has 3 aromatic rings. The molecule has 0 spiro atoms. The van der Waals surface area contributed by atoms with Gasteiger partial charge in [-0.05, 0) is 73.4 Å². The molecule has 0 aromatic heterocycles. The Kier molecular flexibility index (Phi) is 7.41. The average molecular weight is 470 g/mol. The van der Waals surface area contributed by atoms with Crippen LogP contribution in [0.5, 0.6) is 0 Å². The number of rotatable bonds is 5. The van der Waals surface area contributed by atoms with Crippen molar-refractivity contribution in [1.29, 1.82) is 5.26 Å². The molecule has 0 saturated carbocycles. The molecular weight excluding hydrogens is 451 g/mol. The maximum Gasteiger partial charge on any atom is 0.266 e. The highest BCUT2D eigenvalue weighted by Gasteiger charge is 2.13. The minimum Gasteiger partial charge on any atom is -0.321 e. The topological polar surface area (TPSA) is 52.9 Å². The van der Waals surface area contributed by atoms with Gasteiger partial charge in [0.25, 0.3) is 5.91 Å². The molecule has 1 N–H and O–H groups in total. The van der Waals surface area contributed by atoms with Crippen LogP contribution in [-0.4, -0.2) is 5.91 Å². The van der Waals surface area contributed by atoms with Gasteiger partial charge in [-0.25, -0.2) is 0 Å². The molecule has 0 bridgehead atoms. The van der Waals surface area contributed by atoms with E-state index in [1.165, 1.54) is 17.2 Å². The lowest BCUT2D eigenvalue weighted by molar-refractivity contribution is -0.112. The van der Waals surface area contributed by atoms with Gasteiger partial charge in [-0.3, -0.25) is 4.79 Å². The Bertz CT molecular complexity index is 1210. The Balaban J connectivity index is 1.92. The molecule has 0 aliphatic rings. The van der Waals surface area contributed by atoms with Gasteiger partial charge < -0.3 is 5.32 Å². The smallest absolute Gasteiger partial charge is 0.266 e. The minimum absolute atomic E-state index is 0.0463. The van der Waals surface area contributed by atoms with Crippen molar-refractivity contribution in [2.45, 2.75) is 20.3 Å². The van der Waals surface area contributed by atoms with Crippen LogP contribution >= 0.6 is 34.8 Å². The Labute approximate surface area is 196 Å². The summed E-state index contributed by atoms with van der Waals surface area (Å²) in [5.41, 5.74) is 5.59. The molecule has 156 valence electrons. The van der Waals surface area contributed by atoms with Gasteiger partial charge in [0, 0.05) is 10.7 Å². The Morgan fingerprint density at radius 1 is 0.968 bits per heavy atom. The lowest BCUT2D eigenvalue weighted by atomic mass is 9.96. The fourth-order valence-electron chi connectivity index (χ4n) is 3.33. The van der Waals surface area contributed by atoms with E-state index < -0.39 is 5.91 Å². The largest absolute Gasteiger partial charge is 0.321 e. The van der Waals surface area contributed by atoms with Crippen molar-refractivity contribution < 1.29 is 4.79 Å². The molecule has 0 atom stereocenters. The van der Waals surface area contributed by atoms with Crippen LogP contribution in [0.25, 0.3) is 6.08 Å². The lowest BCUT2D eigenvalue weighted by Gasteiger charge is -2.10. The minimum atomic E-state index is -0.543. The van der Waals surface area contributed by atoms with Crippen LogP contribution in [0.3, 0.4) is 0 Å². The first-order chi connectivity index (χ1) is 14.7. The van der Waals surface area contributed by atoms with Crippen molar-refractivity contribution in [2.24, 2.45) is 0 Å². The molecule has 0 aliphatic heterocycles. The summed E-state index contributed by atoms with van der Waals surface area (Å²) in [6.45, 7) is 4.11. The Morgan fingerprint density at radius 3 is 2.32 bits per heavy atom. The van der Waals surface area contributed by atoms with Crippen molar-refractivity contribution >= 4 is 52.5 Å². The van der Waals surface area contributed by atoms with Crippen LogP contribution in [0.1, 0.15) is 27.8 Å². The third-order valence-corrected chi connectivity index (χ3v) is 5.60. The van der Waals surface area contributed by atoms with Gasteiger partial charge in [-0.2, -0.15) is 5.26 Å². The van der Waals surface area contributed by atoms with Crippen LogP contribution in [0.15, 0.2) is 60.2 Å². The van der Waals surface area contributed by atoms with Gasteiger partial charge in [0.2, 0.25) is 0 Å². The summed E-state index contributed by atoms with van der Waals surface area (Å²) >= 11 is 18.1. The van der Waals surface area contributed by atoms with Gasteiger partial charge in [0.05, 0.1) is 10.0 Å². The van der Waals surface area contributed by atoms with E-state index in [1.807, 2.05) is 12.1 Å². The first kappa shape index (κ1) is 22.9. The number of nitrogens with zero attached hydrogens (tertiary/aromatic N) is 1. The molecule has 0 heterocycles. The second-order valence-corrected chi connectivity index (χ2v) is 8.52. The van der Waals surface area contributed by atoms with Gasteiger partial charge in [0.15, 0.2) is 0 Å². The molecule has 0 radical (unpaired) electrons. The SMILES string of the molecule is Cc1cc(C)cc(Cc2ccc(Cl)cc2/C=C(\C#N)C(=O)Nc2ccc(Cl)c(Cl)c2)c1. The summed E-state index contributed by atoms with van der Waals surface area (Å²) in [5.74, 6) is -0.543. The van der Waals surface area contributed by atoms with Crippen molar-refractivity contribution in [3.63, 3.8) is 0 Å². The number of benzene rings is 3. The molecule has 0 unspecified atom stereocenters. The Morgan fingerprint density at radius 2 is 1.68 bits per heavy atom. The van der Waals surface area contributed by atoms with Crippen molar-refractivity contribution in [3.8, 4) is 6.07 Å². The molecule has 0 saturated heterocycles. The number of anilines is 1. The molecule has 31 heavy (non-hydrogen) atoms. The molecule has 3 aromatic carbocycles. The van der Waals surface area contributed by atoms with Crippen LogP contribution in [0, 0.1) is 25.2 Å². The van der Waals surface area contributed by atoms with Crippen LogP contribution in [0.4, 0.5) is 5.69 Å². The highest BCUT2D eigenvalue weighted by molar-refractivity contribution is 6.42. The van der Waals surface area contributed by atoms with E-state index in [1.54, 1.807) is 30.3 Å². The maximum absolute atomic E-state index is 12.7. The summed E-state index contributed by atoms with van der Waals surface area (Å²) in [5, 5.41) is 13.5. The zero-order chi connectivity index (χ0) is 22.5. The normalized spacial score (nSPS) is 11.2. The number of amides is 1. The average Bonchev–Trinajstić information content (AvgIpc) is 2.70. The highest BCUT2D eigenvalue weighted by Crippen LogP contribution is 2.26. The standard InChI is InChI=1S/C25H19Cl3N2O/c1-15-7-16(2)9-17(8-15)10-18-3-4-21(26)12-19(18)11-20(14-29)25(31)30-22-5-6-23(27)24(28)13-22/h3-9,11-13H,10H2,1-2H3,(H,30,31)/b20-11+. The highest BCUT2D eigenvalue weighted by atomic mass is 35.5. The quantitative estimate of drug-likeness (QED) is 0.312. The Hall–Kier alpha value is -2.77. The van der Waals surface area contributed by atoms with Gasteiger partial charge in [-0.15, -0.1) is 0 Å². The molecule has 6 heteroatoms. The predicted molar refractivity (Wildman–Crippen MR) is 129 cm³/mol. The van der Waals surface area contributed by atoms with Crippen LogP contribution in [-0.2, 0) is 11.2 Å². The number of halogens is 3. The van der Waals surface area contributed by atoms with Crippen LogP contribution < -0.4 is 5.32 Å². The second-order valence-electron chi connectivity index (χ2n) is 7.27. The van der Waals surface area contributed by atoms with E-state index >= 15 is 0 Å². The number of aryl methyl sites for hydroxylation is 2. The summed E-state index contributed by atoms with van der Waals surface area (Å²) in [7, 11) is 0. The van der Waals surface area contributed by atoms with Gasteiger partial charge in [0.1, 0.15) is 11.6 Å². The van der Waals surface area contributed by atoms with E-state index in [0.29, 0.717) is 32.7 Å². The molecule has 0 fully saturated rings. The molecule has 3 nitrogen and oxygen atoms in total. The zero-order valence-electron chi connectivity index (χ0n) is 17.0. The predicted octanol–water partition coefficient (Wildman–Crippen LogP) is 7.40. The fourth-order valence-corrected chi connectivity index (χ4v) is 3.81. The fraction of sp³-hybridized carbons (Fsp3) is 0.120. The summed E-state index contributed by atoms with van der Waals surface area (Å²) in [4.78, 5) is 12.7. The first-order valence-electron chi connectivity index (χ1n) is 9.49. The molecular formula is C25H19Cl3N2O. The first-order valence-corrected chi connectivity index (χ1v) is 10.6. The number of hydrogen-bond acceptors (Lipinski definition) is 2. The van der Waals surface area contributed by atoms with Gasteiger partial charge in [-0.1, -0.05) is 70.2 Å². The van der Waals surface area contributed by atoms with E-state index in [9.17, 15) is 10.1 Å².